The average Bonchev–Trinajstić information content (AvgIpc) is 2.35. The fourth-order valence-corrected chi connectivity index (χ4v) is 2.01. The van der Waals surface area contributed by atoms with Crippen molar-refractivity contribution in [1.29, 1.82) is 0 Å². The van der Waals surface area contributed by atoms with Gasteiger partial charge in [0.05, 0.1) is 19.3 Å². The van der Waals surface area contributed by atoms with E-state index < -0.39 is 0 Å². The largest absolute Gasteiger partial charge is 0.395 e. The van der Waals surface area contributed by atoms with E-state index in [-0.39, 0.29) is 24.7 Å². The molecule has 0 radical (unpaired) electrons. The number of aliphatic hydroxyl groups excluding tert-OH is 2. The molecule has 0 bridgehead atoms. The lowest BCUT2D eigenvalue weighted by molar-refractivity contribution is 0.171. The maximum absolute atomic E-state index is 9.01. The number of aryl methyl sites for hydroxylation is 1. The number of rotatable bonds is 6. The van der Waals surface area contributed by atoms with Gasteiger partial charge in [0.1, 0.15) is 0 Å². The number of aliphatic hydroxyl groups is 2. The molecule has 0 amide bonds. The number of nitrogens with one attached hydrogen (secondary N) is 1. The van der Waals surface area contributed by atoms with E-state index in [2.05, 4.69) is 51.2 Å². The van der Waals surface area contributed by atoms with Gasteiger partial charge in [0.15, 0.2) is 0 Å². The quantitative estimate of drug-likeness (QED) is 0.735. The third-order valence-electron chi connectivity index (χ3n) is 3.48. The normalized spacial score (nSPS) is 12.2. The summed E-state index contributed by atoms with van der Waals surface area (Å²) in [7, 11) is 0. The first kappa shape index (κ1) is 16.2. The lowest BCUT2D eigenvalue weighted by Gasteiger charge is -2.21. The van der Waals surface area contributed by atoms with Crippen LogP contribution in [0.3, 0.4) is 0 Å². The molecule has 0 saturated carbocycles. The second-order valence-corrected chi connectivity index (χ2v) is 6.16. The molecule has 1 aromatic carbocycles. The van der Waals surface area contributed by atoms with Gasteiger partial charge in [0, 0.05) is 0 Å². The topological polar surface area (TPSA) is 52.5 Å². The molecule has 1 rings (SSSR count). The highest BCUT2D eigenvalue weighted by Gasteiger charge is 2.14. The van der Waals surface area contributed by atoms with Crippen LogP contribution in [0, 0.1) is 6.92 Å². The first-order valence-electron chi connectivity index (χ1n) is 6.93. The summed E-state index contributed by atoms with van der Waals surface area (Å²) < 4.78 is 0. The van der Waals surface area contributed by atoms with Crippen molar-refractivity contribution in [2.24, 2.45) is 0 Å². The minimum atomic E-state index is -0.217. The van der Waals surface area contributed by atoms with E-state index in [9.17, 15) is 0 Å². The van der Waals surface area contributed by atoms with E-state index in [0.29, 0.717) is 0 Å². The zero-order valence-electron chi connectivity index (χ0n) is 12.5. The van der Waals surface area contributed by atoms with Crippen molar-refractivity contribution in [3.05, 3.63) is 34.9 Å². The Labute approximate surface area is 116 Å². The van der Waals surface area contributed by atoms with Crippen LogP contribution < -0.4 is 5.32 Å². The van der Waals surface area contributed by atoms with Crippen LogP contribution in [0.5, 0.6) is 0 Å². The molecule has 0 unspecified atom stereocenters. The van der Waals surface area contributed by atoms with Crippen molar-refractivity contribution >= 4 is 0 Å². The number of hydrogen-bond donors (Lipinski definition) is 3. The third-order valence-corrected chi connectivity index (χ3v) is 3.48. The Hall–Kier alpha value is -0.900. The van der Waals surface area contributed by atoms with Crippen LogP contribution in [0.1, 0.15) is 37.5 Å². The summed E-state index contributed by atoms with van der Waals surface area (Å²) in [6, 6.07) is 6.41. The van der Waals surface area contributed by atoms with Gasteiger partial charge >= 0.3 is 0 Å². The Morgan fingerprint density at radius 2 is 1.79 bits per heavy atom. The summed E-state index contributed by atoms with van der Waals surface area (Å²) in [5.74, 6) is 0. The molecule has 0 aliphatic heterocycles. The molecule has 19 heavy (non-hydrogen) atoms. The highest BCUT2D eigenvalue weighted by Crippen LogP contribution is 2.24. The zero-order valence-corrected chi connectivity index (χ0v) is 12.5. The summed E-state index contributed by atoms with van der Waals surface area (Å²) in [5, 5.41) is 21.2. The second kappa shape index (κ2) is 7.04. The molecule has 0 aliphatic carbocycles. The van der Waals surface area contributed by atoms with Gasteiger partial charge in [-0.2, -0.15) is 0 Å². The van der Waals surface area contributed by atoms with Gasteiger partial charge in [-0.1, -0.05) is 39.0 Å². The highest BCUT2D eigenvalue weighted by molar-refractivity contribution is 5.34. The first-order valence-corrected chi connectivity index (χ1v) is 6.93. The van der Waals surface area contributed by atoms with E-state index >= 15 is 0 Å². The summed E-state index contributed by atoms with van der Waals surface area (Å²) in [6.07, 6.45) is 0.909. The third kappa shape index (κ3) is 4.94. The summed E-state index contributed by atoms with van der Waals surface area (Å²) >= 11 is 0. The molecule has 0 aromatic heterocycles. The minimum absolute atomic E-state index is 0.0302. The molecule has 3 heteroatoms. The molecule has 0 saturated heterocycles. The van der Waals surface area contributed by atoms with Crippen molar-refractivity contribution in [2.45, 2.75) is 45.6 Å². The predicted octanol–water partition coefficient (Wildman–Crippen LogP) is 1.78. The smallest absolute Gasteiger partial charge is 0.0607 e. The molecule has 0 spiro atoms. The lowest BCUT2D eigenvalue weighted by atomic mass is 9.85. The zero-order chi connectivity index (χ0) is 14.5. The summed E-state index contributed by atoms with van der Waals surface area (Å²) in [4.78, 5) is 0. The lowest BCUT2D eigenvalue weighted by Crippen LogP contribution is -2.37. The van der Waals surface area contributed by atoms with E-state index in [0.717, 1.165) is 13.0 Å². The first-order chi connectivity index (χ1) is 8.88. The van der Waals surface area contributed by atoms with Crippen molar-refractivity contribution < 1.29 is 10.2 Å². The predicted molar refractivity (Wildman–Crippen MR) is 79.5 cm³/mol. The standard InChI is InChI=1S/C16H27NO2/c1-12-5-6-14(16(2,3)4)9-13(12)7-8-17-15(10-18)11-19/h5-6,9,15,17-19H,7-8,10-11H2,1-4H3. The fourth-order valence-electron chi connectivity index (χ4n) is 2.01. The summed E-state index contributed by atoms with van der Waals surface area (Å²) in [6.45, 7) is 9.47. The van der Waals surface area contributed by atoms with Gasteiger partial charge in [-0.3, -0.25) is 0 Å². The Morgan fingerprint density at radius 1 is 1.16 bits per heavy atom. The van der Waals surface area contributed by atoms with Crippen LogP contribution in [-0.4, -0.2) is 36.0 Å². The molecule has 0 atom stereocenters. The maximum Gasteiger partial charge on any atom is 0.0607 e. The van der Waals surface area contributed by atoms with Crippen molar-refractivity contribution in [3.63, 3.8) is 0 Å². The van der Waals surface area contributed by atoms with Crippen LogP contribution in [0.2, 0.25) is 0 Å². The van der Waals surface area contributed by atoms with E-state index in [1.54, 1.807) is 0 Å². The van der Waals surface area contributed by atoms with Crippen molar-refractivity contribution in [3.8, 4) is 0 Å². The average molecular weight is 265 g/mol. The van der Waals surface area contributed by atoms with Gasteiger partial charge in [-0.05, 0) is 42.0 Å². The Bertz CT molecular complexity index is 392. The van der Waals surface area contributed by atoms with Gasteiger partial charge in [0.2, 0.25) is 0 Å². The maximum atomic E-state index is 9.01. The van der Waals surface area contributed by atoms with Crippen molar-refractivity contribution in [1.82, 2.24) is 5.32 Å². The molecule has 3 N–H and O–H groups in total. The summed E-state index contributed by atoms with van der Waals surface area (Å²) in [5.41, 5.74) is 4.12. The monoisotopic (exact) mass is 265 g/mol. The van der Waals surface area contributed by atoms with Crippen LogP contribution in [0.25, 0.3) is 0 Å². The molecule has 108 valence electrons. The fraction of sp³-hybridized carbons (Fsp3) is 0.625. The van der Waals surface area contributed by atoms with E-state index in [1.165, 1.54) is 16.7 Å². The molecule has 0 fully saturated rings. The molecule has 3 nitrogen and oxygen atoms in total. The Balaban J connectivity index is 2.67. The van der Waals surface area contributed by atoms with Gasteiger partial charge in [-0.15, -0.1) is 0 Å². The molecule has 0 aliphatic rings. The molecule has 0 heterocycles. The Morgan fingerprint density at radius 3 is 2.32 bits per heavy atom. The molecular weight excluding hydrogens is 238 g/mol. The minimum Gasteiger partial charge on any atom is -0.395 e. The SMILES string of the molecule is Cc1ccc(C(C)(C)C)cc1CCNC(CO)CO. The van der Waals surface area contributed by atoms with Gasteiger partial charge in [0.25, 0.3) is 0 Å². The number of benzene rings is 1. The van der Waals surface area contributed by atoms with Crippen LogP contribution in [0.15, 0.2) is 18.2 Å². The van der Waals surface area contributed by atoms with E-state index in [1.807, 2.05) is 0 Å². The van der Waals surface area contributed by atoms with Crippen LogP contribution >= 0.6 is 0 Å². The van der Waals surface area contributed by atoms with Crippen molar-refractivity contribution in [2.75, 3.05) is 19.8 Å². The Kier molecular flexibility index (Phi) is 5.98. The molecular formula is C16H27NO2. The van der Waals surface area contributed by atoms with Crippen LogP contribution in [0.4, 0.5) is 0 Å². The van der Waals surface area contributed by atoms with Crippen LogP contribution in [-0.2, 0) is 11.8 Å². The van der Waals surface area contributed by atoms with Gasteiger partial charge in [-0.25, -0.2) is 0 Å². The van der Waals surface area contributed by atoms with E-state index in [4.69, 9.17) is 10.2 Å². The van der Waals surface area contributed by atoms with Gasteiger partial charge < -0.3 is 15.5 Å². The number of hydrogen-bond acceptors (Lipinski definition) is 3. The highest BCUT2D eigenvalue weighted by atomic mass is 16.3. The second-order valence-electron chi connectivity index (χ2n) is 6.16. The molecule has 1 aromatic rings.